The first-order valence-electron chi connectivity index (χ1n) is 37.6. The molecule has 0 fully saturated rings. The van der Waals surface area contributed by atoms with Crippen molar-refractivity contribution in [2.24, 2.45) is 0 Å². The zero-order valence-electron chi connectivity index (χ0n) is 60.7. The van der Waals surface area contributed by atoms with E-state index in [0.29, 0.717) is 0 Å². The maximum absolute atomic E-state index is 2.35. The Bertz CT molecular complexity index is 6370. The number of anilines is 12. The van der Waals surface area contributed by atoms with Crippen LogP contribution < -0.4 is 19.6 Å². The Morgan fingerprint density at radius 3 is 0.564 bits per heavy atom. The molecule has 0 aliphatic heterocycles. The molecule has 0 radical (unpaired) electrons. The molecule has 0 spiro atoms. The summed E-state index contributed by atoms with van der Waals surface area (Å²) in [7, 11) is 0. The van der Waals surface area contributed by atoms with Crippen LogP contribution in [0.4, 0.5) is 68.2 Å². The van der Waals surface area contributed by atoms with Crippen molar-refractivity contribution >= 4 is 111 Å². The third kappa shape index (κ3) is 14.4. The Morgan fingerprint density at radius 1 is 0.0909 bits per heavy atom. The van der Waals surface area contributed by atoms with Crippen molar-refractivity contribution in [2.45, 2.75) is 0 Å². The number of hydrogen-bond donors (Lipinski definition) is 0. The van der Waals surface area contributed by atoms with E-state index < -0.39 is 0 Å². The summed E-state index contributed by atoms with van der Waals surface area (Å²) < 4.78 is 0. The topological polar surface area (TPSA) is 13.0 Å². The van der Waals surface area contributed by atoms with E-state index >= 15 is 0 Å². The number of fused-ring (bicyclic) bond motifs is 4. The average Bonchev–Trinajstić information content (AvgIpc) is 0.803. The van der Waals surface area contributed by atoms with Crippen LogP contribution in [0, 0.1) is 0 Å². The highest BCUT2D eigenvalue weighted by molar-refractivity contribution is 5.95. The van der Waals surface area contributed by atoms with Gasteiger partial charge in [-0.2, -0.15) is 0 Å². The van der Waals surface area contributed by atoms with Gasteiger partial charge in [-0.05, 0) is 250 Å². The second-order valence-electron chi connectivity index (χ2n) is 27.7. The summed E-state index contributed by atoms with van der Waals surface area (Å²) in [4.78, 5) is 9.33. The molecule has 0 atom stereocenters. The van der Waals surface area contributed by atoms with Crippen molar-refractivity contribution in [2.75, 3.05) is 19.6 Å². The second-order valence-corrected chi connectivity index (χ2v) is 27.7. The van der Waals surface area contributed by atoms with E-state index in [2.05, 4.69) is 481 Å². The Morgan fingerprint density at radius 2 is 0.264 bits per heavy atom. The molecular weight excluding hydrogens is 1330 g/mol. The van der Waals surface area contributed by atoms with Crippen molar-refractivity contribution in [1.82, 2.24) is 0 Å². The molecule has 19 aromatic rings. The van der Waals surface area contributed by atoms with E-state index in [9.17, 15) is 0 Å². The van der Waals surface area contributed by atoms with Crippen LogP contribution in [0.3, 0.4) is 0 Å². The molecule has 19 aromatic carbocycles. The van der Waals surface area contributed by atoms with Gasteiger partial charge in [-0.1, -0.05) is 309 Å². The molecule has 0 N–H and O–H groups in total. The molecule has 19 rings (SSSR count). The molecule has 0 aromatic heterocycles. The van der Waals surface area contributed by atoms with Crippen LogP contribution in [-0.4, -0.2) is 0 Å². The second kappa shape index (κ2) is 30.9. The molecule has 0 aliphatic rings. The van der Waals surface area contributed by atoms with Crippen LogP contribution in [0.15, 0.2) is 461 Å². The van der Waals surface area contributed by atoms with Crippen LogP contribution in [0.1, 0.15) is 0 Å². The van der Waals surface area contributed by atoms with Gasteiger partial charge in [0.15, 0.2) is 0 Å². The third-order valence-electron chi connectivity index (χ3n) is 20.8. The standard InChI is InChI=1S/C56H40N2.C50H36N2/c1-3-12-41(13-4-1)44-22-30-53(31-23-44)58(56-37-29-43-15-8-10-17-50(43)40-56)54-34-26-46(27-35-54)48-19-11-18-47(38-48)45-24-32-52(33-25-45)57(51-20-5-2-6-21-51)55-36-28-42-14-7-9-16-49(42)39-55;1-3-17-45(18-4-1)51(49-32-28-37-12-7-9-14-42(37)35-49)47-30-26-40(27-31-47)39-22-24-41(25-23-39)44-16-11-21-48(34-44)52(46-19-5-2-6-20-46)50-33-29-38-13-8-10-15-43(38)36-50/h1-40H;1-36H. The largest absolute Gasteiger partial charge is 0.310 e. The highest BCUT2D eigenvalue weighted by atomic mass is 15.2. The Labute approximate surface area is 643 Å². The molecule has 0 bridgehead atoms. The lowest BCUT2D eigenvalue weighted by molar-refractivity contribution is 1.29. The lowest BCUT2D eigenvalue weighted by Crippen LogP contribution is -2.09. The summed E-state index contributed by atoms with van der Waals surface area (Å²) in [5, 5.41) is 9.83. The summed E-state index contributed by atoms with van der Waals surface area (Å²) in [6.45, 7) is 0. The van der Waals surface area contributed by atoms with Crippen molar-refractivity contribution in [3.8, 4) is 55.6 Å². The van der Waals surface area contributed by atoms with Crippen LogP contribution >= 0.6 is 0 Å². The van der Waals surface area contributed by atoms with E-state index in [-0.39, 0.29) is 0 Å². The van der Waals surface area contributed by atoms with Gasteiger partial charge in [0.2, 0.25) is 0 Å². The smallest absolute Gasteiger partial charge is 0.0468 e. The summed E-state index contributed by atoms with van der Waals surface area (Å²) in [6.07, 6.45) is 0. The monoisotopic (exact) mass is 1400 g/mol. The van der Waals surface area contributed by atoms with Crippen LogP contribution in [0.25, 0.3) is 98.7 Å². The van der Waals surface area contributed by atoms with Crippen LogP contribution in [0.2, 0.25) is 0 Å². The minimum Gasteiger partial charge on any atom is -0.310 e. The zero-order chi connectivity index (χ0) is 73.4. The molecule has 0 heterocycles. The lowest BCUT2D eigenvalue weighted by atomic mass is 9.98. The summed E-state index contributed by atoms with van der Waals surface area (Å²) in [6, 6.07) is 166. The molecule has 520 valence electrons. The van der Waals surface area contributed by atoms with Gasteiger partial charge >= 0.3 is 0 Å². The van der Waals surface area contributed by atoms with E-state index in [4.69, 9.17) is 0 Å². The summed E-state index contributed by atoms with van der Waals surface area (Å²) >= 11 is 0. The quantitative estimate of drug-likeness (QED) is 0.0901. The predicted molar refractivity (Wildman–Crippen MR) is 469 cm³/mol. The Balaban J connectivity index is 0.000000155. The van der Waals surface area contributed by atoms with Crippen LogP contribution in [0.5, 0.6) is 0 Å². The fraction of sp³-hybridized carbons (Fsp3) is 0. The van der Waals surface area contributed by atoms with E-state index in [1.54, 1.807) is 0 Å². The molecular formula is C106H76N4. The number of hydrogen-bond acceptors (Lipinski definition) is 4. The normalized spacial score (nSPS) is 11.1. The van der Waals surface area contributed by atoms with Crippen molar-refractivity contribution in [3.63, 3.8) is 0 Å². The maximum atomic E-state index is 2.35. The minimum atomic E-state index is 1.10. The molecule has 4 heteroatoms. The predicted octanol–water partition coefficient (Wildman–Crippen LogP) is 30.2. The van der Waals surface area contributed by atoms with Crippen molar-refractivity contribution < 1.29 is 0 Å². The van der Waals surface area contributed by atoms with Gasteiger partial charge < -0.3 is 19.6 Å². The van der Waals surface area contributed by atoms with Gasteiger partial charge in [0.05, 0.1) is 0 Å². The van der Waals surface area contributed by atoms with Gasteiger partial charge in [0.1, 0.15) is 0 Å². The van der Waals surface area contributed by atoms with Gasteiger partial charge in [-0.3, -0.25) is 0 Å². The Kier molecular flexibility index (Phi) is 18.9. The molecule has 0 unspecified atom stereocenters. The van der Waals surface area contributed by atoms with Crippen molar-refractivity contribution in [1.29, 1.82) is 0 Å². The SMILES string of the molecule is c1ccc(-c2ccc(N(c3ccc(-c4cccc(-c5ccc(N(c6ccccc6)c6ccc7ccccc7c6)cc5)c4)cc3)c3ccc4ccccc4c3)cc2)cc1.c1ccc(N(c2ccc(-c3ccc(-c4cccc(N(c5ccccc5)c5ccc6ccccc6c5)c4)cc3)cc2)c2ccc3ccccc3c2)cc1. The highest BCUT2D eigenvalue weighted by Crippen LogP contribution is 2.44. The maximum Gasteiger partial charge on any atom is 0.0468 e. The average molecular weight is 1410 g/mol. The molecule has 0 saturated carbocycles. The molecule has 0 amide bonds. The molecule has 4 nitrogen and oxygen atoms in total. The van der Waals surface area contributed by atoms with Gasteiger partial charge in [-0.15, -0.1) is 0 Å². The number of benzene rings is 19. The van der Waals surface area contributed by atoms with E-state index in [1.807, 2.05) is 0 Å². The minimum absolute atomic E-state index is 1.10. The van der Waals surface area contributed by atoms with Gasteiger partial charge in [0.25, 0.3) is 0 Å². The molecule has 0 saturated heterocycles. The lowest BCUT2D eigenvalue weighted by Gasteiger charge is -2.26. The Hall–Kier alpha value is -14.6. The summed E-state index contributed by atoms with van der Waals surface area (Å²) in [5.74, 6) is 0. The zero-order valence-corrected chi connectivity index (χ0v) is 60.7. The van der Waals surface area contributed by atoms with Crippen molar-refractivity contribution in [3.05, 3.63) is 461 Å². The number of rotatable bonds is 17. The van der Waals surface area contributed by atoms with E-state index in [0.717, 1.165) is 68.2 Å². The highest BCUT2D eigenvalue weighted by Gasteiger charge is 2.20. The first-order valence-corrected chi connectivity index (χ1v) is 37.6. The fourth-order valence-corrected chi connectivity index (χ4v) is 15.2. The third-order valence-corrected chi connectivity index (χ3v) is 20.8. The van der Waals surface area contributed by atoms with Crippen LogP contribution in [-0.2, 0) is 0 Å². The molecule has 110 heavy (non-hydrogen) atoms. The summed E-state index contributed by atoms with van der Waals surface area (Å²) in [5.41, 5.74) is 25.3. The number of para-hydroxylation sites is 3. The van der Waals surface area contributed by atoms with Gasteiger partial charge in [-0.25, -0.2) is 0 Å². The van der Waals surface area contributed by atoms with E-state index in [1.165, 1.54) is 98.7 Å². The fourth-order valence-electron chi connectivity index (χ4n) is 15.2. The number of nitrogens with zero attached hydrogens (tertiary/aromatic N) is 4. The molecule has 0 aliphatic carbocycles. The van der Waals surface area contributed by atoms with Gasteiger partial charge in [0, 0.05) is 68.2 Å². The first-order chi connectivity index (χ1) is 54.5. The first kappa shape index (κ1) is 67.3.